The summed E-state index contributed by atoms with van der Waals surface area (Å²) in [4.78, 5) is 33.8. The smallest absolute Gasteiger partial charge is 0.254 e. The molecule has 0 bridgehead atoms. The Kier molecular flexibility index (Phi) is 6.87. The second-order valence-electron chi connectivity index (χ2n) is 9.17. The molecule has 2 aromatic rings. The van der Waals surface area contributed by atoms with E-state index in [4.69, 9.17) is 16.3 Å². The molecule has 8 nitrogen and oxygen atoms in total. The predicted molar refractivity (Wildman–Crippen MR) is 128 cm³/mol. The van der Waals surface area contributed by atoms with Crippen LogP contribution in [0.3, 0.4) is 0 Å². The van der Waals surface area contributed by atoms with Crippen molar-refractivity contribution in [2.45, 2.75) is 30.6 Å². The molecule has 34 heavy (non-hydrogen) atoms. The molecule has 0 saturated carbocycles. The van der Waals surface area contributed by atoms with Gasteiger partial charge in [-0.1, -0.05) is 23.7 Å². The van der Waals surface area contributed by atoms with Gasteiger partial charge in [0.2, 0.25) is 11.8 Å². The highest BCUT2D eigenvalue weighted by atomic mass is 35.5. The van der Waals surface area contributed by atoms with Crippen LogP contribution in [0, 0.1) is 5.41 Å². The number of hydrogen-bond donors (Lipinski definition) is 0. The van der Waals surface area contributed by atoms with Crippen molar-refractivity contribution in [3.63, 3.8) is 0 Å². The average Bonchev–Trinajstić information content (AvgIpc) is 3.22. The minimum absolute atomic E-state index is 0.0279. The summed E-state index contributed by atoms with van der Waals surface area (Å²) in [5, 5.41) is 0.215. The molecule has 2 amide bonds. The number of likely N-dealkylation sites (tertiary alicyclic amines) is 2. The first-order chi connectivity index (χ1) is 16.1. The molecule has 0 N–H and O–H groups in total. The number of piperidine rings is 1. The highest BCUT2D eigenvalue weighted by molar-refractivity contribution is 7.90. The number of pyridine rings is 1. The summed E-state index contributed by atoms with van der Waals surface area (Å²) in [6.45, 7) is 2.63. The van der Waals surface area contributed by atoms with Crippen molar-refractivity contribution in [1.82, 2.24) is 14.8 Å². The Morgan fingerprint density at radius 3 is 2.26 bits per heavy atom. The fourth-order valence-electron chi connectivity index (χ4n) is 4.76. The number of sulfone groups is 1. The molecule has 2 aliphatic heterocycles. The summed E-state index contributed by atoms with van der Waals surface area (Å²) in [6.07, 6.45) is 4.00. The number of ether oxygens (including phenoxy) is 1. The van der Waals surface area contributed by atoms with Crippen LogP contribution >= 0.6 is 11.6 Å². The van der Waals surface area contributed by atoms with Gasteiger partial charge in [0, 0.05) is 44.1 Å². The van der Waals surface area contributed by atoms with E-state index in [1.54, 1.807) is 36.4 Å². The van der Waals surface area contributed by atoms with Crippen LogP contribution < -0.4 is 4.74 Å². The third-order valence-corrected chi connectivity index (χ3v) is 8.16. The summed E-state index contributed by atoms with van der Waals surface area (Å²) in [7, 11) is -1.77. The largest absolute Gasteiger partial charge is 0.481 e. The van der Waals surface area contributed by atoms with E-state index in [1.807, 2.05) is 9.80 Å². The average molecular weight is 506 g/mol. The number of rotatable bonds is 5. The summed E-state index contributed by atoms with van der Waals surface area (Å²) in [5.41, 5.74) is 1.28. The first-order valence-corrected chi connectivity index (χ1v) is 13.4. The molecule has 2 saturated heterocycles. The van der Waals surface area contributed by atoms with Crippen molar-refractivity contribution in [3.05, 3.63) is 52.7 Å². The van der Waals surface area contributed by atoms with Gasteiger partial charge in [-0.25, -0.2) is 13.4 Å². The number of nitrogens with zero attached hydrogens (tertiary/aromatic N) is 3. The molecule has 10 heteroatoms. The van der Waals surface area contributed by atoms with Gasteiger partial charge in [-0.3, -0.25) is 9.59 Å². The maximum absolute atomic E-state index is 13.0. The zero-order chi connectivity index (χ0) is 24.5. The lowest BCUT2D eigenvalue weighted by atomic mass is 9.77. The van der Waals surface area contributed by atoms with Crippen LogP contribution in [-0.4, -0.2) is 74.6 Å². The summed E-state index contributed by atoms with van der Waals surface area (Å²) >= 11 is 6.02. The molecule has 1 aromatic carbocycles. The number of carbonyl (C=O) groups excluding carboxylic acids is 2. The molecule has 2 fully saturated rings. The van der Waals surface area contributed by atoms with Gasteiger partial charge in [0.15, 0.2) is 9.84 Å². The van der Waals surface area contributed by atoms with Crippen molar-refractivity contribution in [2.75, 3.05) is 39.5 Å². The van der Waals surface area contributed by atoms with Crippen molar-refractivity contribution < 1.29 is 22.7 Å². The van der Waals surface area contributed by atoms with E-state index < -0.39 is 9.84 Å². The number of methoxy groups -OCH3 is 1. The normalized spacial score (nSPS) is 17.7. The Labute approximate surface area is 204 Å². The van der Waals surface area contributed by atoms with Crippen LogP contribution in [0.25, 0.3) is 0 Å². The third kappa shape index (κ3) is 5.36. The quantitative estimate of drug-likeness (QED) is 0.580. The fourth-order valence-corrected chi connectivity index (χ4v) is 5.60. The molecule has 2 aliphatic rings. The summed E-state index contributed by atoms with van der Waals surface area (Å²) < 4.78 is 28.4. The van der Waals surface area contributed by atoms with E-state index in [2.05, 4.69) is 4.98 Å². The molecule has 0 aliphatic carbocycles. The highest BCUT2D eigenvalue weighted by Gasteiger charge is 2.42. The van der Waals surface area contributed by atoms with E-state index in [-0.39, 0.29) is 33.7 Å². The second kappa shape index (κ2) is 9.54. The Bertz CT molecular complexity index is 1190. The molecule has 0 atom stereocenters. The standard InChI is InChI=1S/C24H28ClN3O5S/c1-33-21-15-18(14-20(25)26-21)23(30)27-10-7-24(8-11-27)9-12-28(16-24)22(29)13-17-3-5-19(6-4-17)34(2,31)32/h3-6,14-15H,7-13,16H2,1-2H3. The van der Waals surface area contributed by atoms with Crippen LogP contribution in [0.1, 0.15) is 35.2 Å². The molecule has 3 heterocycles. The molecular weight excluding hydrogens is 478 g/mol. The van der Waals surface area contributed by atoms with Gasteiger partial charge in [-0.2, -0.15) is 0 Å². The number of aromatic nitrogens is 1. The van der Waals surface area contributed by atoms with Gasteiger partial charge in [0.25, 0.3) is 5.91 Å². The third-order valence-electron chi connectivity index (χ3n) is 6.84. The van der Waals surface area contributed by atoms with Crippen molar-refractivity contribution in [2.24, 2.45) is 5.41 Å². The Hall–Kier alpha value is -2.65. The van der Waals surface area contributed by atoms with Gasteiger partial charge >= 0.3 is 0 Å². The molecule has 1 aromatic heterocycles. The zero-order valence-electron chi connectivity index (χ0n) is 19.3. The summed E-state index contributed by atoms with van der Waals surface area (Å²) in [6, 6.07) is 9.63. The van der Waals surface area contributed by atoms with Crippen molar-refractivity contribution >= 4 is 33.3 Å². The molecule has 0 radical (unpaired) electrons. The van der Waals surface area contributed by atoms with E-state index in [0.29, 0.717) is 37.6 Å². The molecule has 4 rings (SSSR count). The Morgan fingerprint density at radius 1 is 1.06 bits per heavy atom. The molecule has 1 spiro atoms. The van der Waals surface area contributed by atoms with Crippen molar-refractivity contribution in [3.8, 4) is 5.88 Å². The van der Waals surface area contributed by atoms with Crippen LogP contribution in [0.5, 0.6) is 5.88 Å². The van der Waals surface area contributed by atoms with E-state index in [0.717, 1.165) is 24.8 Å². The summed E-state index contributed by atoms with van der Waals surface area (Å²) in [5.74, 6) is 0.252. The fraction of sp³-hybridized carbons (Fsp3) is 0.458. The lowest BCUT2D eigenvalue weighted by Gasteiger charge is -2.39. The van der Waals surface area contributed by atoms with Crippen LogP contribution in [0.15, 0.2) is 41.3 Å². The Balaban J connectivity index is 1.33. The maximum atomic E-state index is 13.0. The van der Waals surface area contributed by atoms with E-state index in [1.165, 1.54) is 13.4 Å². The van der Waals surface area contributed by atoms with Gasteiger partial charge in [-0.15, -0.1) is 0 Å². The van der Waals surface area contributed by atoms with Crippen LogP contribution in [0.2, 0.25) is 5.15 Å². The second-order valence-corrected chi connectivity index (χ2v) is 11.6. The molecule has 0 unspecified atom stereocenters. The van der Waals surface area contributed by atoms with Gasteiger partial charge in [-0.05, 0) is 48.4 Å². The van der Waals surface area contributed by atoms with Crippen LogP contribution in [0.4, 0.5) is 0 Å². The maximum Gasteiger partial charge on any atom is 0.254 e. The molecule has 182 valence electrons. The van der Waals surface area contributed by atoms with Gasteiger partial charge in [0.1, 0.15) is 5.15 Å². The Morgan fingerprint density at radius 2 is 1.68 bits per heavy atom. The predicted octanol–water partition coefficient (Wildman–Crippen LogP) is 2.84. The molecular formula is C24H28ClN3O5S. The topological polar surface area (TPSA) is 96.9 Å². The first-order valence-electron chi connectivity index (χ1n) is 11.2. The minimum Gasteiger partial charge on any atom is -0.481 e. The van der Waals surface area contributed by atoms with Gasteiger partial charge < -0.3 is 14.5 Å². The van der Waals surface area contributed by atoms with E-state index in [9.17, 15) is 18.0 Å². The number of carbonyl (C=O) groups is 2. The monoisotopic (exact) mass is 505 g/mol. The van der Waals surface area contributed by atoms with Crippen molar-refractivity contribution in [1.29, 1.82) is 0 Å². The number of benzene rings is 1. The van der Waals surface area contributed by atoms with Gasteiger partial charge in [0.05, 0.1) is 18.4 Å². The first kappa shape index (κ1) is 24.5. The lowest BCUT2D eigenvalue weighted by Crippen LogP contribution is -2.44. The van der Waals surface area contributed by atoms with E-state index >= 15 is 0 Å². The highest BCUT2D eigenvalue weighted by Crippen LogP contribution is 2.41. The lowest BCUT2D eigenvalue weighted by molar-refractivity contribution is -0.130. The minimum atomic E-state index is -3.26. The number of hydrogen-bond acceptors (Lipinski definition) is 6. The zero-order valence-corrected chi connectivity index (χ0v) is 20.9. The van der Waals surface area contributed by atoms with Crippen LogP contribution in [-0.2, 0) is 21.1 Å². The number of halogens is 1. The number of amides is 2. The SMILES string of the molecule is COc1cc(C(=O)N2CCC3(CCN(C(=O)Cc4ccc(S(C)(=O)=O)cc4)C3)CC2)cc(Cl)n1.